The normalized spacial score (nSPS) is 13.7. The Morgan fingerprint density at radius 3 is 2.39 bits per heavy atom. The summed E-state index contributed by atoms with van der Waals surface area (Å²) < 4.78 is 4.25. The van der Waals surface area contributed by atoms with Gasteiger partial charge in [-0.05, 0) is 45.8 Å². The number of aromatic nitrogens is 1. The smallest absolute Gasteiger partial charge is 0.311 e. The standard InChI is InChI=1S/C15H19N3O2.C2H6O/c1-10(2)4-5-11(3)16-15-14(18(19)20)9-8-13(17-15)12-6-7-12;1-3-2/h4-5,8-9,12H,6-7H2,1-3H3,(H,16,17);1-2H3/b11-5+;. The predicted octanol–water partition coefficient (Wildman–Crippen LogP) is 4.41. The lowest BCUT2D eigenvalue weighted by Crippen LogP contribution is -2.04. The van der Waals surface area contributed by atoms with Gasteiger partial charge in [0.25, 0.3) is 0 Å². The van der Waals surface area contributed by atoms with E-state index in [1.807, 2.05) is 32.9 Å². The second-order valence-electron chi connectivity index (χ2n) is 5.76. The molecule has 1 fully saturated rings. The van der Waals surface area contributed by atoms with Crippen molar-refractivity contribution in [1.82, 2.24) is 4.98 Å². The molecule has 0 unspecified atom stereocenters. The van der Waals surface area contributed by atoms with Crippen molar-refractivity contribution in [2.24, 2.45) is 0 Å². The molecule has 6 heteroatoms. The summed E-state index contributed by atoms with van der Waals surface area (Å²) in [6, 6.07) is 3.30. The Balaban J connectivity index is 0.000000816. The fourth-order valence-electron chi connectivity index (χ4n) is 1.83. The lowest BCUT2D eigenvalue weighted by atomic mass is 10.2. The van der Waals surface area contributed by atoms with Gasteiger partial charge in [0.1, 0.15) is 0 Å². The largest absolute Gasteiger partial charge is 0.388 e. The lowest BCUT2D eigenvalue weighted by Gasteiger charge is -2.08. The van der Waals surface area contributed by atoms with E-state index in [1.165, 1.54) is 11.6 Å². The van der Waals surface area contributed by atoms with Gasteiger partial charge in [0.15, 0.2) is 0 Å². The molecule has 0 spiro atoms. The number of nitrogens with zero attached hydrogens (tertiary/aromatic N) is 2. The van der Waals surface area contributed by atoms with Crippen LogP contribution in [-0.2, 0) is 4.74 Å². The van der Waals surface area contributed by atoms with Crippen molar-refractivity contribution in [2.45, 2.75) is 39.5 Å². The Hall–Kier alpha value is -2.21. The van der Waals surface area contributed by atoms with E-state index in [-0.39, 0.29) is 5.69 Å². The zero-order valence-corrected chi connectivity index (χ0v) is 14.4. The monoisotopic (exact) mass is 319 g/mol. The van der Waals surface area contributed by atoms with E-state index in [9.17, 15) is 10.1 Å². The summed E-state index contributed by atoms with van der Waals surface area (Å²) in [5, 5.41) is 14.1. The Bertz CT molecular complexity index is 601. The number of anilines is 1. The van der Waals surface area contributed by atoms with Gasteiger partial charge in [0.2, 0.25) is 5.82 Å². The van der Waals surface area contributed by atoms with E-state index in [1.54, 1.807) is 20.3 Å². The number of rotatable bonds is 5. The van der Waals surface area contributed by atoms with Gasteiger partial charge < -0.3 is 10.1 Å². The molecule has 1 N–H and O–H groups in total. The van der Waals surface area contributed by atoms with Crippen LogP contribution >= 0.6 is 0 Å². The molecule has 0 aromatic carbocycles. The SMILES string of the molecule is CC(C)=C/C=C(\C)Nc1nc(C2CC2)ccc1[N+](=O)[O-].COC. The molecule has 0 atom stereocenters. The molecule has 0 bridgehead atoms. The molecule has 0 amide bonds. The van der Waals surface area contributed by atoms with E-state index in [4.69, 9.17) is 0 Å². The minimum atomic E-state index is -0.403. The summed E-state index contributed by atoms with van der Waals surface area (Å²) in [4.78, 5) is 15.1. The van der Waals surface area contributed by atoms with E-state index < -0.39 is 4.92 Å². The third-order valence-corrected chi connectivity index (χ3v) is 3.07. The molecule has 1 heterocycles. The first-order chi connectivity index (χ1) is 10.9. The van der Waals surface area contributed by atoms with Crippen molar-refractivity contribution in [3.05, 3.63) is 51.4 Å². The van der Waals surface area contributed by atoms with Gasteiger partial charge in [0, 0.05) is 37.6 Å². The highest BCUT2D eigenvalue weighted by atomic mass is 16.6. The topological polar surface area (TPSA) is 77.3 Å². The van der Waals surface area contributed by atoms with Gasteiger partial charge >= 0.3 is 5.69 Å². The van der Waals surface area contributed by atoms with Gasteiger partial charge in [0.05, 0.1) is 4.92 Å². The van der Waals surface area contributed by atoms with E-state index >= 15 is 0 Å². The first kappa shape index (κ1) is 18.8. The number of nitrogens with one attached hydrogen (secondary N) is 1. The Labute approximate surface area is 137 Å². The number of nitro groups is 1. The van der Waals surface area contributed by atoms with Crippen molar-refractivity contribution < 1.29 is 9.66 Å². The molecule has 6 nitrogen and oxygen atoms in total. The van der Waals surface area contributed by atoms with Crippen molar-refractivity contribution in [3.63, 3.8) is 0 Å². The quantitative estimate of drug-likeness (QED) is 0.494. The first-order valence-corrected chi connectivity index (χ1v) is 7.53. The Kier molecular flexibility index (Phi) is 7.41. The van der Waals surface area contributed by atoms with Crippen LogP contribution in [0.15, 0.2) is 35.6 Å². The minimum absolute atomic E-state index is 0.0133. The highest BCUT2D eigenvalue weighted by molar-refractivity contribution is 5.59. The Morgan fingerprint density at radius 2 is 1.91 bits per heavy atom. The number of hydrogen-bond acceptors (Lipinski definition) is 5. The van der Waals surface area contributed by atoms with Crippen LogP contribution in [0.1, 0.15) is 45.2 Å². The molecule has 126 valence electrons. The van der Waals surface area contributed by atoms with Gasteiger partial charge in [-0.15, -0.1) is 0 Å². The maximum absolute atomic E-state index is 11.1. The van der Waals surface area contributed by atoms with Gasteiger partial charge in [-0.2, -0.15) is 0 Å². The summed E-state index contributed by atoms with van der Waals surface area (Å²) in [7, 11) is 3.25. The fourth-order valence-corrected chi connectivity index (χ4v) is 1.83. The summed E-state index contributed by atoms with van der Waals surface area (Å²) >= 11 is 0. The number of pyridine rings is 1. The maximum atomic E-state index is 11.1. The number of ether oxygens (including phenoxy) is 1. The van der Waals surface area contributed by atoms with Gasteiger partial charge in [-0.25, -0.2) is 4.98 Å². The summed E-state index contributed by atoms with van der Waals surface area (Å²) in [5.74, 6) is 0.800. The first-order valence-electron chi connectivity index (χ1n) is 7.53. The molecule has 0 radical (unpaired) electrons. The maximum Gasteiger partial charge on any atom is 0.311 e. The summed E-state index contributed by atoms with van der Waals surface area (Å²) in [5.41, 5.74) is 2.95. The third-order valence-electron chi connectivity index (χ3n) is 3.07. The predicted molar refractivity (Wildman–Crippen MR) is 92.6 cm³/mol. The van der Waals surface area contributed by atoms with Crippen LogP contribution in [-0.4, -0.2) is 24.1 Å². The number of methoxy groups -OCH3 is 1. The molecule has 0 saturated heterocycles. The molecule has 1 aliphatic rings. The number of allylic oxidation sites excluding steroid dienone is 4. The van der Waals surface area contributed by atoms with Crippen LogP contribution < -0.4 is 5.32 Å². The Morgan fingerprint density at radius 1 is 1.30 bits per heavy atom. The van der Waals surface area contributed by atoms with Crippen molar-refractivity contribution in [1.29, 1.82) is 0 Å². The van der Waals surface area contributed by atoms with Crippen molar-refractivity contribution >= 4 is 11.5 Å². The zero-order chi connectivity index (χ0) is 17.4. The number of hydrogen-bond donors (Lipinski definition) is 1. The van der Waals surface area contributed by atoms with Crippen LogP contribution in [0.2, 0.25) is 0 Å². The third kappa shape index (κ3) is 6.61. The fraction of sp³-hybridized carbons (Fsp3) is 0.471. The van der Waals surface area contributed by atoms with E-state index in [2.05, 4.69) is 15.0 Å². The average Bonchev–Trinajstić information content (AvgIpc) is 3.30. The summed E-state index contributed by atoms with van der Waals surface area (Å²) in [6.07, 6.45) is 6.09. The van der Waals surface area contributed by atoms with E-state index in [0.29, 0.717) is 11.7 Å². The lowest BCUT2D eigenvalue weighted by molar-refractivity contribution is -0.384. The second-order valence-corrected chi connectivity index (χ2v) is 5.76. The minimum Gasteiger partial charge on any atom is -0.388 e. The molecular weight excluding hydrogens is 294 g/mol. The van der Waals surface area contributed by atoms with Crippen LogP contribution in [0.5, 0.6) is 0 Å². The molecule has 1 saturated carbocycles. The van der Waals surface area contributed by atoms with Crippen LogP contribution in [0, 0.1) is 10.1 Å². The zero-order valence-electron chi connectivity index (χ0n) is 14.4. The molecule has 1 aromatic heterocycles. The second kappa shape index (κ2) is 9.05. The average molecular weight is 319 g/mol. The highest BCUT2D eigenvalue weighted by Crippen LogP contribution is 2.40. The molecule has 23 heavy (non-hydrogen) atoms. The molecule has 1 aliphatic carbocycles. The molecule has 0 aliphatic heterocycles. The van der Waals surface area contributed by atoms with Crippen molar-refractivity contribution in [3.8, 4) is 0 Å². The molecule has 1 aromatic rings. The van der Waals surface area contributed by atoms with Crippen LogP contribution in [0.4, 0.5) is 11.5 Å². The van der Waals surface area contributed by atoms with Gasteiger partial charge in [-0.3, -0.25) is 10.1 Å². The van der Waals surface area contributed by atoms with E-state index in [0.717, 1.165) is 24.2 Å². The molecule has 2 rings (SSSR count). The molecular formula is C17H25N3O3. The van der Waals surface area contributed by atoms with Gasteiger partial charge in [-0.1, -0.05) is 11.6 Å². The summed E-state index contributed by atoms with van der Waals surface area (Å²) in [6.45, 7) is 5.87. The van der Waals surface area contributed by atoms with Crippen molar-refractivity contribution in [2.75, 3.05) is 19.5 Å². The van der Waals surface area contributed by atoms with Crippen LogP contribution in [0.3, 0.4) is 0 Å². The highest BCUT2D eigenvalue weighted by Gasteiger charge is 2.27. The van der Waals surface area contributed by atoms with Crippen LogP contribution in [0.25, 0.3) is 0 Å².